The summed E-state index contributed by atoms with van der Waals surface area (Å²) in [4.78, 5) is 10.6. The van der Waals surface area contributed by atoms with Crippen molar-refractivity contribution in [2.24, 2.45) is 0 Å². The van der Waals surface area contributed by atoms with Crippen molar-refractivity contribution < 1.29 is 19.4 Å². The zero-order chi connectivity index (χ0) is 10.3. The van der Waals surface area contributed by atoms with Crippen LogP contribution < -0.4 is 0 Å². The van der Waals surface area contributed by atoms with E-state index in [4.69, 9.17) is 9.52 Å². The standard InChI is InChI=1S/C9H5BrO4/c10-8-4-3-7(9(12)13)14-6(4)2-1-5(8)11/h1-3,11H,(H,12,13). The molecule has 0 amide bonds. The molecule has 14 heavy (non-hydrogen) atoms. The first-order chi connectivity index (χ1) is 6.59. The number of halogens is 1. The number of phenols is 1. The first kappa shape index (κ1) is 9.08. The third-order valence-electron chi connectivity index (χ3n) is 1.83. The van der Waals surface area contributed by atoms with Crippen LogP contribution in [0.15, 0.2) is 27.1 Å². The Morgan fingerprint density at radius 3 is 2.79 bits per heavy atom. The molecule has 0 saturated carbocycles. The molecule has 5 heteroatoms. The van der Waals surface area contributed by atoms with Gasteiger partial charge in [0.15, 0.2) is 0 Å². The fraction of sp³-hybridized carbons (Fsp3) is 0. The van der Waals surface area contributed by atoms with Crippen LogP contribution in [0.5, 0.6) is 5.75 Å². The molecule has 2 aromatic rings. The number of furan rings is 1. The summed E-state index contributed by atoms with van der Waals surface area (Å²) in [6.45, 7) is 0. The molecule has 0 fully saturated rings. The maximum absolute atomic E-state index is 10.6. The minimum Gasteiger partial charge on any atom is -0.507 e. The molecule has 72 valence electrons. The molecule has 0 aliphatic rings. The number of benzene rings is 1. The van der Waals surface area contributed by atoms with Gasteiger partial charge in [0.25, 0.3) is 0 Å². The van der Waals surface area contributed by atoms with E-state index in [1.54, 1.807) is 0 Å². The summed E-state index contributed by atoms with van der Waals surface area (Å²) < 4.78 is 5.46. The molecule has 0 spiro atoms. The highest BCUT2D eigenvalue weighted by atomic mass is 79.9. The number of rotatable bonds is 1. The van der Waals surface area contributed by atoms with Crippen molar-refractivity contribution in [2.45, 2.75) is 0 Å². The molecule has 2 N–H and O–H groups in total. The van der Waals surface area contributed by atoms with Crippen LogP contribution in [0.25, 0.3) is 11.0 Å². The SMILES string of the molecule is O=C(O)c1cc2c(Br)c(O)ccc2o1. The Bertz CT molecular complexity index is 515. The van der Waals surface area contributed by atoms with E-state index in [0.717, 1.165) is 0 Å². The van der Waals surface area contributed by atoms with Gasteiger partial charge < -0.3 is 14.6 Å². The zero-order valence-corrected chi connectivity index (χ0v) is 8.41. The largest absolute Gasteiger partial charge is 0.507 e. The third-order valence-corrected chi connectivity index (χ3v) is 2.66. The van der Waals surface area contributed by atoms with E-state index in [1.165, 1.54) is 18.2 Å². The molecule has 2 rings (SSSR count). The van der Waals surface area contributed by atoms with Crippen LogP contribution in [-0.4, -0.2) is 16.2 Å². The summed E-state index contributed by atoms with van der Waals surface area (Å²) in [5.74, 6) is -1.23. The second-order valence-electron chi connectivity index (χ2n) is 2.73. The Hall–Kier alpha value is -1.49. The lowest BCUT2D eigenvalue weighted by Crippen LogP contribution is -1.91. The Labute approximate surface area is 86.9 Å². The Kier molecular flexibility index (Phi) is 1.96. The van der Waals surface area contributed by atoms with Crippen molar-refractivity contribution in [3.05, 3.63) is 28.4 Å². The first-order valence-electron chi connectivity index (χ1n) is 3.74. The maximum Gasteiger partial charge on any atom is 0.371 e. The molecule has 1 aromatic heterocycles. The number of phenolic OH excluding ortho intramolecular Hbond substituents is 1. The van der Waals surface area contributed by atoms with Crippen molar-refractivity contribution in [2.75, 3.05) is 0 Å². The molecule has 0 saturated heterocycles. The Balaban J connectivity index is 2.77. The summed E-state index contributed by atoms with van der Waals surface area (Å²) in [5, 5.41) is 18.5. The van der Waals surface area contributed by atoms with Gasteiger partial charge in [0, 0.05) is 11.5 Å². The predicted molar refractivity (Wildman–Crippen MR) is 52.5 cm³/mol. The van der Waals surface area contributed by atoms with Gasteiger partial charge in [-0.25, -0.2) is 4.79 Å². The van der Waals surface area contributed by atoms with Crippen LogP contribution in [0.4, 0.5) is 0 Å². The predicted octanol–water partition coefficient (Wildman–Crippen LogP) is 2.60. The lowest BCUT2D eigenvalue weighted by molar-refractivity contribution is 0.0665. The number of aromatic carboxylic acids is 1. The highest BCUT2D eigenvalue weighted by Crippen LogP contribution is 2.33. The average molecular weight is 257 g/mol. The molecule has 0 atom stereocenters. The third kappa shape index (κ3) is 1.26. The van der Waals surface area contributed by atoms with E-state index in [0.29, 0.717) is 15.4 Å². The number of carboxylic acids is 1. The molecular formula is C9H5BrO4. The quantitative estimate of drug-likeness (QED) is 0.823. The molecule has 1 heterocycles. The number of fused-ring (bicyclic) bond motifs is 1. The van der Waals surface area contributed by atoms with Crippen LogP contribution in [0.2, 0.25) is 0 Å². The summed E-state index contributed by atoms with van der Waals surface area (Å²) in [6, 6.07) is 4.31. The van der Waals surface area contributed by atoms with E-state index < -0.39 is 5.97 Å². The number of aromatic hydroxyl groups is 1. The average Bonchev–Trinajstić information content (AvgIpc) is 2.56. The molecule has 0 bridgehead atoms. The second-order valence-corrected chi connectivity index (χ2v) is 3.52. The van der Waals surface area contributed by atoms with E-state index >= 15 is 0 Å². The first-order valence-corrected chi connectivity index (χ1v) is 4.53. The zero-order valence-electron chi connectivity index (χ0n) is 6.82. The van der Waals surface area contributed by atoms with Gasteiger partial charge in [-0.1, -0.05) is 0 Å². The van der Waals surface area contributed by atoms with E-state index in [2.05, 4.69) is 15.9 Å². The molecule has 4 nitrogen and oxygen atoms in total. The number of hydrogen-bond donors (Lipinski definition) is 2. The summed E-state index contributed by atoms with van der Waals surface area (Å²) in [6.07, 6.45) is 0. The van der Waals surface area contributed by atoms with E-state index in [9.17, 15) is 9.90 Å². The molecular weight excluding hydrogens is 252 g/mol. The molecule has 0 aliphatic heterocycles. The number of hydrogen-bond acceptors (Lipinski definition) is 3. The molecule has 0 radical (unpaired) electrons. The van der Waals surface area contributed by atoms with Crippen LogP contribution in [0.3, 0.4) is 0 Å². The smallest absolute Gasteiger partial charge is 0.371 e. The molecule has 0 aliphatic carbocycles. The summed E-state index contributed by atoms with van der Waals surface area (Å²) in [7, 11) is 0. The van der Waals surface area contributed by atoms with Gasteiger partial charge in [0.1, 0.15) is 11.3 Å². The monoisotopic (exact) mass is 256 g/mol. The van der Waals surface area contributed by atoms with Crippen LogP contribution >= 0.6 is 15.9 Å². The van der Waals surface area contributed by atoms with Crippen LogP contribution in [0.1, 0.15) is 10.6 Å². The second kappa shape index (κ2) is 3.02. The van der Waals surface area contributed by atoms with Gasteiger partial charge in [-0.15, -0.1) is 0 Å². The highest BCUT2D eigenvalue weighted by molar-refractivity contribution is 9.10. The van der Waals surface area contributed by atoms with Crippen molar-refractivity contribution in [1.82, 2.24) is 0 Å². The lowest BCUT2D eigenvalue weighted by atomic mass is 10.2. The van der Waals surface area contributed by atoms with Crippen LogP contribution in [0, 0.1) is 0 Å². The number of carbonyl (C=O) groups is 1. The van der Waals surface area contributed by atoms with Crippen molar-refractivity contribution in [3.63, 3.8) is 0 Å². The minimum atomic E-state index is -1.13. The van der Waals surface area contributed by atoms with Crippen molar-refractivity contribution in [1.29, 1.82) is 0 Å². The Morgan fingerprint density at radius 1 is 1.43 bits per heavy atom. The van der Waals surface area contributed by atoms with Gasteiger partial charge >= 0.3 is 5.97 Å². The molecule has 0 unspecified atom stereocenters. The van der Waals surface area contributed by atoms with Gasteiger partial charge in [0.05, 0.1) is 4.47 Å². The maximum atomic E-state index is 10.6. The lowest BCUT2D eigenvalue weighted by Gasteiger charge is -1.95. The van der Waals surface area contributed by atoms with Gasteiger partial charge in [0.2, 0.25) is 5.76 Å². The van der Waals surface area contributed by atoms with Crippen LogP contribution in [-0.2, 0) is 0 Å². The van der Waals surface area contributed by atoms with Gasteiger partial charge in [-0.05, 0) is 28.1 Å². The fourth-order valence-electron chi connectivity index (χ4n) is 1.17. The summed E-state index contributed by atoms with van der Waals surface area (Å²) >= 11 is 3.14. The van der Waals surface area contributed by atoms with E-state index in [-0.39, 0.29) is 11.5 Å². The Morgan fingerprint density at radius 2 is 2.14 bits per heavy atom. The minimum absolute atomic E-state index is 0.0511. The fourth-order valence-corrected chi connectivity index (χ4v) is 1.61. The normalized spacial score (nSPS) is 10.6. The van der Waals surface area contributed by atoms with E-state index in [1.807, 2.05) is 0 Å². The summed E-state index contributed by atoms with van der Waals surface area (Å²) in [5.41, 5.74) is 0.423. The molecule has 1 aromatic carbocycles. The number of carboxylic acid groups (broad SMARTS) is 1. The van der Waals surface area contributed by atoms with Crippen molar-refractivity contribution in [3.8, 4) is 5.75 Å². The topological polar surface area (TPSA) is 70.7 Å². The van der Waals surface area contributed by atoms with Gasteiger partial charge in [-0.3, -0.25) is 0 Å². The van der Waals surface area contributed by atoms with Gasteiger partial charge in [-0.2, -0.15) is 0 Å². The van der Waals surface area contributed by atoms with Crippen molar-refractivity contribution >= 4 is 32.9 Å². The highest BCUT2D eigenvalue weighted by Gasteiger charge is 2.13.